The fourth-order valence-corrected chi connectivity index (χ4v) is 2.59. The molecule has 2 aliphatic rings. The first-order valence-electron chi connectivity index (χ1n) is 7.29. The number of fused-ring (bicyclic) bond motifs is 1. The van der Waals surface area contributed by atoms with Crippen LogP contribution in [0.4, 0.5) is 11.4 Å². The fraction of sp³-hybridized carbons (Fsp3) is 0.467. The predicted octanol–water partition coefficient (Wildman–Crippen LogP) is 1.91. The van der Waals surface area contributed by atoms with Crippen LogP contribution < -0.4 is 20.7 Å². The Labute approximate surface area is 135 Å². The Kier molecular flexibility index (Phi) is 5.26. The Hall–Kier alpha value is -1.79. The van der Waals surface area contributed by atoms with E-state index in [0.29, 0.717) is 17.1 Å². The van der Waals surface area contributed by atoms with Gasteiger partial charge in [0.05, 0.1) is 11.7 Å². The van der Waals surface area contributed by atoms with E-state index in [1.807, 2.05) is 0 Å². The fourth-order valence-electron chi connectivity index (χ4n) is 2.59. The zero-order valence-electron chi connectivity index (χ0n) is 12.3. The van der Waals surface area contributed by atoms with Crippen LogP contribution in [-0.2, 0) is 9.59 Å². The second-order valence-electron chi connectivity index (χ2n) is 5.45. The summed E-state index contributed by atoms with van der Waals surface area (Å²) in [6, 6.07) is 5.12. The van der Waals surface area contributed by atoms with E-state index in [-0.39, 0.29) is 30.3 Å². The van der Waals surface area contributed by atoms with Gasteiger partial charge >= 0.3 is 0 Å². The molecule has 3 rings (SSSR count). The number of piperidine rings is 1. The van der Waals surface area contributed by atoms with E-state index in [4.69, 9.17) is 4.74 Å². The minimum absolute atomic E-state index is 0. The molecule has 1 aromatic carbocycles. The molecule has 2 atom stereocenters. The summed E-state index contributed by atoms with van der Waals surface area (Å²) >= 11 is 0. The van der Waals surface area contributed by atoms with Crippen LogP contribution in [0.15, 0.2) is 18.2 Å². The van der Waals surface area contributed by atoms with Crippen molar-refractivity contribution in [2.24, 2.45) is 0 Å². The zero-order chi connectivity index (χ0) is 14.8. The minimum Gasteiger partial charge on any atom is -0.479 e. The topological polar surface area (TPSA) is 79.5 Å². The first kappa shape index (κ1) is 16.6. The van der Waals surface area contributed by atoms with E-state index in [9.17, 15) is 9.59 Å². The highest BCUT2D eigenvalue weighted by molar-refractivity contribution is 6.00. The molecule has 2 amide bonds. The molecule has 1 aromatic rings. The highest BCUT2D eigenvalue weighted by atomic mass is 35.5. The van der Waals surface area contributed by atoms with Gasteiger partial charge < -0.3 is 20.7 Å². The molecular weight excluding hydrogens is 306 g/mol. The molecule has 6 nitrogen and oxygen atoms in total. The summed E-state index contributed by atoms with van der Waals surface area (Å²) in [5, 5.41) is 8.86. The number of nitrogens with one attached hydrogen (secondary N) is 3. The van der Waals surface area contributed by atoms with Crippen molar-refractivity contribution >= 4 is 35.6 Å². The van der Waals surface area contributed by atoms with E-state index in [0.717, 1.165) is 25.8 Å². The molecule has 1 unspecified atom stereocenters. The van der Waals surface area contributed by atoms with Crippen molar-refractivity contribution in [3.63, 3.8) is 0 Å². The molecule has 0 saturated carbocycles. The maximum Gasteiger partial charge on any atom is 0.265 e. The van der Waals surface area contributed by atoms with Gasteiger partial charge in [0.1, 0.15) is 5.75 Å². The first-order valence-corrected chi connectivity index (χ1v) is 7.29. The third-order valence-electron chi connectivity index (χ3n) is 3.80. The molecule has 1 fully saturated rings. The minimum atomic E-state index is -0.496. The van der Waals surface area contributed by atoms with E-state index in [2.05, 4.69) is 16.0 Å². The normalized spacial score (nSPS) is 23.4. The van der Waals surface area contributed by atoms with Crippen molar-refractivity contribution in [3.8, 4) is 5.75 Å². The van der Waals surface area contributed by atoms with Crippen molar-refractivity contribution in [1.29, 1.82) is 0 Å². The standard InChI is InChI=1S/C15H19N3O3.ClH/c1-9-14(19)18-12-8-10(5-6-13(12)21-9)17-15(20)11-4-2-3-7-16-11;/h5-6,8-9,11,16H,2-4,7H2,1H3,(H,17,20)(H,18,19);1H/t9?,11-;/m0./s1. The van der Waals surface area contributed by atoms with Gasteiger partial charge in [0, 0.05) is 5.69 Å². The van der Waals surface area contributed by atoms with Gasteiger partial charge in [-0.3, -0.25) is 9.59 Å². The lowest BCUT2D eigenvalue weighted by Crippen LogP contribution is -2.43. The van der Waals surface area contributed by atoms with Gasteiger partial charge in [0.15, 0.2) is 6.10 Å². The summed E-state index contributed by atoms with van der Waals surface area (Å²) in [6.45, 7) is 2.58. The van der Waals surface area contributed by atoms with Crippen LogP contribution in [0.5, 0.6) is 5.75 Å². The first-order chi connectivity index (χ1) is 10.1. The van der Waals surface area contributed by atoms with E-state index in [1.165, 1.54) is 0 Å². The molecule has 2 heterocycles. The molecular formula is C15H20ClN3O3. The van der Waals surface area contributed by atoms with Gasteiger partial charge in [-0.1, -0.05) is 6.42 Å². The van der Waals surface area contributed by atoms with Crippen LogP contribution in [0.1, 0.15) is 26.2 Å². The molecule has 0 spiro atoms. The van der Waals surface area contributed by atoms with Crippen molar-refractivity contribution in [2.75, 3.05) is 17.2 Å². The zero-order valence-corrected chi connectivity index (χ0v) is 13.2. The van der Waals surface area contributed by atoms with Gasteiger partial charge in [0.25, 0.3) is 5.91 Å². The van der Waals surface area contributed by atoms with Crippen molar-refractivity contribution in [2.45, 2.75) is 38.3 Å². The highest BCUT2D eigenvalue weighted by Crippen LogP contribution is 2.32. The number of benzene rings is 1. The molecule has 22 heavy (non-hydrogen) atoms. The maximum absolute atomic E-state index is 12.2. The Morgan fingerprint density at radius 1 is 1.36 bits per heavy atom. The average Bonchev–Trinajstić information content (AvgIpc) is 2.49. The smallest absolute Gasteiger partial charge is 0.265 e. The van der Waals surface area contributed by atoms with Crippen LogP contribution in [0.3, 0.4) is 0 Å². The molecule has 0 aromatic heterocycles. The molecule has 0 radical (unpaired) electrons. The number of hydrogen-bond acceptors (Lipinski definition) is 4. The van der Waals surface area contributed by atoms with Crippen LogP contribution >= 0.6 is 12.4 Å². The van der Waals surface area contributed by atoms with Gasteiger partial charge in [-0.2, -0.15) is 0 Å². The maximum atomic E-state index is 12.2. The lowest BCUT2D eigenvalue weighted by atomic mass is 10.0. The molecule has 0 bridgehead atoms. The second kappa shape index (κ2) is 6.98. The Balaban J connectivity index is 0.00000176. The van der Waals surface area contributed by atoms with Crippen molar-refractivity contribution in [1.82, 2.24) is 5.32 Å². The van der Waals surface area contributed by atoms with Gasteiger partial charge in [-0.15, -0.1) is 12.4 Å². The Morgan fingerprint density at radius 3 is 2.91 bits per heavy atom. The number of amides is 2. The Morgan fingerprint density at radius 2 is 2.18 bits per heavy atom. The summed E-state index contributed by atoms with van der Waals surface area (Å²) in [5.74, 6) is 0.405. The third kappa shape index (κ3) is 3.51. The SMILES string of the molecule is CC1Oc2ccc(NC(=O)[C@@H]3CCCCN3)cc2NC1=O.Cl. The monoisotopic (exact) mass is 325 g/mol. The summed E-state index contributed by atoms with van der Waals surface area (Å²) in [7, 11) is 0. The predicted molar refractivity (Wildman–Crippen MR) is 86.7 cm³/mol. The van der Waals surface area contributed by atoms with Crippen LogP contribution in [-0.4, -0.2) is 30.5 Å². The number of carbonyl (C=O) groups is 2. The average molecular weight is 326 g/mol. The molecule has 0 aliphatic carbocycles. The molecule has 1 saturated heterocycles. The number of ether oxygens (including phenoxy) is 1. The lowest BCUT2D eigenvalue weighted by molar-refractivity contribution is -0.122. The molecule has 3 N–H and O–H groups in total. The summed E-state index contributed by atoms with van der Waals surface area (Å²) in [4.78, 5) is 23.8. The van der Waals surface area contributed by atoms with Crippen LogP contribution in [0.2, 0.25) is 0 Å². The summed E-state index contributed by atoms with van der Waals surface area (Å²) < 4.78 is 5.48. The number of hydrogen-bond donors (Lipinski definition) is 3. The second-order valence-corrected chi connectivity index (χ2v) is 5.45. The molecule has 120 valence electrons. The van der Waals surface area contributed by atoms with E-state index < -0.39 is 6.10 Å². The lowest BCUT2D eigenvalue weighted by Gasteiger charge is -2.25. The van der Waals surface area contributed by atoms with Gasteiger partial charge in [0.2, 0.25) is 5.91 Å². The van der Waals surface area contributed by atoms with Gasteiger partial charge in [-0.25, -0.2) is 0 Å². The molecule has 2 aliphatic heterocycles. The number of anilines is 2. The van der Waals surface area contributed by atoms with Gasteiger partial charge in [-0.05, 0) is 44.5 Å². The van der Waals surface area contributed by atoms with E-state index >= 15 is 0 Å². The summed E-state index contributed by atoms with van der Waals surface area (Å²) in [6.07, 6.45) is 2.54. The molecule has 7 heteroatoms. The van der Waals surface area contributed by atoms with Crippen LogP contribution in [0, 0.1) is 0 Å². The summed E-state index contributed by atoms with van der Waals surface area (Å²) in [5.41, 5.74) is 1.25. The third-order valence-corrected chi connectivity index (χ3v) is 3.80. The largest absolute Gasteiger partial charge is 0.479 e. The van der Waals surface area contributed by atoms with E-state index in [1.54, 1.807) is 25.1 Å². The van der Waals surface area contributed by atoms with Crippen molar-refractivity contribution in [3.05, 3.63) is 18.2 Å². The quantitative estimate of drug-likeness (QED) is 0.776. The number of halogens is 1. The number of carbonyl (C=O) groups excluding carboxylic acids is 2. The van der Waals surface area contributed by atoms with Crippen LogP contribution in [0.25, 0.3) is 0 Å². The number of rotatable bonds is 2. The Bertz CT molecular complexity index is 573. The highest BCUT2D eigenvalue weighted by Gasteiger charge is 2.24. The van der Waals surface area contributed by atoms with Crippen molar-refractivity contribution < 1.29 is 14.3 Å².